The number of carbonyl (C=O) groups is 1. The molecular formula is C28H27FN6O. The van der Waals surface area contributed by atoms with Crippen molar-refractivity contribution < 1.29 is 9.18 Å². The van der Waals surface area contributed by atoms with E-state index in [1.54, 1.807) is 12.1 Å². The average Bonchev–Trinajstić information content (AvgIpc) is 3.36. The molecule has 7 rings (SSSR count). The van der Waals surface area contributed by atoms with E-state index in [9.17, 15) is 9.18 Å². The number of rotatable bonds is 4. The summed E-state index contributed by atoms with van der Waals surface area (Å²) in [6.45, 7) is 4.56. The molecule has 3 atom stereocenters. The summed E-state index contributed by atoms with van der Waals surface area (Å²) in [7, 11) is 0. The number of hydrogen-bond donors (Lipinski definition) is 2. The van der Waals surface area contributed by atoms with Crippen LogP contribution in [0.15, 0.2) is 48.7 Å². The van der Waals surface area contributed by atoms with Gasteiger partial charge >= 0.3 is 0 Å². The Balaban J connectivity index is 1.17. The second-order valence-corrected chi connectivity index (χ2v) is 10.2. The predicted octanol–water partition coefficient (Wildman–Crippen LogP) is 4.25. The average molecular weight is 483 g/mol. The molecule has 1 amide bonds. The SMILES string of the molecule is CC[C@]1(c2ccccc2F)[C@@H]2CCN(c3cnc4c(-c5ccc6c(c5)C(=O)NCC6)[nH]nc4n3)C[C@@H]21. The molecule has 1 saturated heterocycles. The van der Waals surface area contributed by atoms with Crippen LogP contribution >= 0.6 is 0 Å². The number of amides is 1. The maximum Gasteiger partial charge on any atom is 0.251 e. The molecule has 0 bridgehead atoms. The number of nitrogens with one attached hydrogen (secondary N) is 2. The summed E-state index contributed by atoms with van der Waals surface area (Å²) >= 11 is 0. The first-order valence-corrected chi connectivity index (χ1v) is 12.7. The van der Waals surface area contributed by atoms with E-state index in [0.717, 1.165) is 60.6 Å². The maximum atomic E-state index is 14.7. The number of carbonyl (C=O) groups excluding carboxylic acids is 1. The van der Waals surface area contributed by atoms with Gasteiger partial charge < -0.3 is 10.2 Å². The van der Waals surface area contributed by atoms with Gasteiger partial charge in [0, 0.05) is 36.2 Å². The molecule has 0 unspecified atom stereocenters. The van der Waals surface area contributed by atoms with Gasteiger partial charge in [0.25, 0.3) is 5.91 Å². The van der Waals surface area contributed by atoms with Crippen molar-refractivity contribution in [1.82, 2.24) is 25.5 Å². The molecule has 8 heteroatoms. The summed E-state index contributed by atoms with van der Waals surface area (Å²) < 4.78 is 14.7. The van der Waals surface area contributed by atoms with Crippen molar-refractivity contribution in [3.05, 3.63) is 71.2 Å². The third-order valence-electron chi connectivity index (χ3n) is 8.69. The van der Waals surface area contributed by atoms with Gasteiger partial charge in [-0.15, -0.1) is 0 Å². The number of fused-ring (bicyclic) bond motifs is 3. The van der Waals surface area contributed by atoms with Crippen molar-refractivity contribution in [1.29, 1.82) is 0 Å². The second kappa shape index (κ2) is 7.85. The number of aromatic nitrogens is 4. The van der Waals surface area contributed by atoms with Crippen LogP contribution in [-0.2, 0) is 11.8 Å². The van der Waals surface area contributed by atoms with Gasteiger partial charge in [-0.2, -0.15) is 5.10 Å². The lowest BCUT2D eigenvalue weighted by Gasteiger charge is -2.26. The van der Waals surface area contributed by atoms with Crippen molar-refractivity contribution >= 4 is 22.9 Å². The molecule has 2 N–H and O–H groups in total. The van der Waals surface area contributed by atoms with E-state index in [0.29, 0.717) is 35.1 Å². The highest BCUT2D eigenvalue weighted by molar-refractivity contribution is 5.99. The number of hydrogen-bond acceptors (Lipinski definition) is 5. The van der Waals surface area contributed by atoms with Crippen molar-refractivity contribution in [2.75, 3.05) is 24.5 Å². The van der Waals surface area contributed by atoms with Crippen LogP contribution in [0, 0.1) is 17.7 Å². The maximum absolute atomic E-state index is 14.7. The number of piperidine rings is 1. The fraction of sp³-hybridized carbons (Fsp3) is 0.357. The third kappa shape index (κ3) is 3.03. The predicted molar refractivity (Wildman–Crippen MR) is 135 cm³/mol. The summed E-state index contributed by atoms with van der Waals surface area (Å²) in [5.41, 5.74) is 5.40. The van der Waals surface area contributed by atoms with Crippen LogP contribution in [0.1, 0.15) is 41.3 Å². The summed E-state index contributed by atoms with van der Waals surface area (Å²) in [5.74, 6) is 1.57. The van der Waals surface area contributed by atoms with Crippen molar-refractivity contribution in [3.63, 3.8) is 0 Å². The topological polar surface area (TPSA) is 86.8 Å². The van der Waals surface area contributed by atoms with Gasteiger partial charge in [0.1, 0.15) is 17.2 Å². The van der Waals surface area contributed by atoms with Crippen LogP contribution in [0.25, 0.3) is 22.4 Å². The number of benzene rings is 2. The normalized spacial score (nSPS) is 24.8. The van der Waals surface area contributed by atoms with Gasteiger partial charge in [0.05, 0.1) is 11.9 Å². The van der Waals surface area contributed by atoms with Crippen molar-refractivity contribution in [2.24, 2.45) is 11.8 Å². The lowest BCUT2D eigenvalue weighted by atomic mass is 9.88. The highest BCUT2D eigenvalue weighted by Gasteiger charge is 2.65. The first-order chi connectivity index (χ1) is 17.6. The smallest absolute Gasteiger partial charge is 0.251 e. The molecule has 4 aromatic rings. The lowest BCUT2D eigenvalue weighted by Crippen LogP contribution is -2.32. The fourth-order valence-electron chi connectivity index (χ4n) is 6.85. The molecule has 3 aliphatic rings. The molecule has 2 aliphatic heterocycles. The van der Waals surface area contributed by atoms with Crippen molar-refractivity contribution in [3.8, 4) is 11.3 Å². The zero-order valence-electron chi connectivity index (χ0n) is 20.1. The minimum absolute atomic E-state index is 0.0442. The monoisotopic (exact) mass is 482 g/mol. The number of anilines is 1. The minimum Gasteiger partial charge on any atom is -0.355 e. The number of H-pyrrole nitrogens is 1. The van der Waals surface area contributed by atoms with E-state index in [-0.39, 0.29) is 17.1 Å². The Morgan fingerprint density at radius 3 is 2.94 bits per heavy atom. The van der Waals surface area contributed by atoms with E-state index in [2.05, 4.69) is 27.3 Å². The van der Waals surface area contributed by atoms with Crippen molar-refractivity contribution in [2.45, 2.75) is 31.6 Å². The van der Waals surface area contributed by atoms with Crippen LogP contribution in [0.5, 0.6) is 0 Å². The number of halogens is 1. The summed E-state index contributed by atoms with van der Waals surface area (Å²) in [4.78, 5) is 24.1. The van der Waals surface area contributed by atoms with Crippen LogP contribution in [0.4, 0.5) is 10.2 Å². The van der Waals surface area contributed by atoms with Gasteiger partial charge in [0.15, 0.2) is 0 Å². The Labute approximate surface area is 208 Å². The van der Waals surface area contributed by atoms with E-state index >= 15 is 0 Å². The van der Waals surface area contributed by atoms with E-state index in [1.165, 1.54) is 0 Å². The Bertz CT molecular complexity index is 1520. The quantitative estimate of drug-likeness (QED) is 0.454. The molecule has 2 fully saturated rings. The Morgan fingerprint density at radius 1 is 1.19 bits per heavy atom. The third-order valence-corrected chi connectivity index (χ3v) is 8.69. The lowest BCUT2D eigenvalue weighted by molar-refractivity contribution is 0.0946. The van der Waals surface area contributed by atoms with E-state index in [4.69, 9.17) is 9.97 Å². The molecule has 0 spiro atoms. The second-order valence-electron chi connectivity index (χ2n) is 10.2. The minimum atomic E-state index is -0.0924. The Kier molecular flexibility index (Phi) is 4.68. The zero-order valence-corrected chi connectivity index (χ0v) is 20.1. The molecular weight excluding hydrogens is 455 g/mol. The molecule has 7 nitrogen and oxygen atoms in total. The molecule has 0 radical (unpaired) electrons. The largest absolute Gasteiger partial charge is 0.355 e. The molecule has 2 aromatic carbocycles. The molecule has 1 saturated carbocycles. The standard InChI is InChI=1S/C28H27FN6O/c1-2-28(20-5-3-4-6-22(20)29)19-10-12-35(15-21(19)28)23-14-31-25-24(33-34-26(25)32-23)17-8-7-16-9-11-30-27(36)18(16)13-17/h3-8,13-14,19,21H,2,9-12,15H2,1H3,(H,30,36)(H,32,33,34)/t19-,21+,28-/m1/s1. The summed E-state index contributed by atoms with van der Waals surface area (Å²) in [5, 5.41) is 10.4. The van der Waals surface area contributed by atoms with Gasteiger partial charge in [-0.3, -0.25) is 9.89 Å². The highest BCUT2D eigenvalue weighted by atomic mass is 19.1. The zero-order chi connectivity index (χ0) is 24.4. The van der Waals surface area contributed by atoms with Gasteiger partial charge in [-0.1, -0.05) is 37.3 Å². The van der Waals surface area contributed by atoms with E-state index in [1.807, 2.05) is 36.5 Å². The molecule has 182 valence electrons. The summed E-state index contributed by atoms with van der Waals surface area (Å²) in [6.07, 6.45) is 4.59. The first kappa shape index (κ1) is 21.5. The fourth-order valence-corrected chi connectivity index (χ4v) is 6.85. The number of nitrogens with zero attached hydrogens (tertiary/aromatic N) is 4. The van der Waals surface area contributed by atoms with Gasteiger partial charge in [-0.25, -0.2) is 14.4 Å². The highest BCUT2D eigenvalue weighted by Crippen LogP contribution is 2.65. The summed E-state index contributed by atoms with van der Waals surface area (Å²) in [6, 6.07) is 13.2. The molecule has 4 heterocycles. The molecule has 2 aromatic heterocycles. The van der Waals surface area contributed by atoms with Crippen LogP contribution in [0.3, 0.4) is 0 Å². The van der Waals surface area contributed by atoms with Gasteiger partial charge in [-0.05, 0) is 54.4 Å². The van der Waals surface area contributed by atoms with Gasteiger partial charge in [0.2, 0.25) is 5.65 Å². The Morgan fingerprint density at radius 2 is 2.08 bits per heavy atom. The number of aromatic amines is 1. The van der Waals surface area contributed by atoms with Crippen LogP contribution in [0.2, 0.25) is 0 Å². The Hall–Kier alpha value is -3.81. The first-order valence-electron chi connectivity index (χ1n) is 12.7. The van der Waals surface area contributed by atoms with E-state index < -0.39 is 0 Å². The molecule has 1 aliphatic carbocycles. The molecule has 36 heavy (non-hydrogen) atoms. The van der Waals surface area contributed by atoms with Crippen LogP contribution in [-0.4, -0.2) is 45.7 Å². The van der Waals surface area contributed by atoms with Crippen LogP contribution < -0.4 is 10.2 Å².